The molecule has 0 spiro atoms. The Morgan fingerprint density at radius 2 is 0.931 bits per heavy atom. The molecule has 0 aliphatic heterocycles. The Bertz CT molecular complexity index is 384. The first-order valence-electron chi connectivity index (χ1n) is 12.7. The number of esters is 1. The lowest BCUT2D eigenvalue weighted by Crippen LogP contribution is -1.98. The van der Waals surface area contributed by atoms with Crippen molar-refractivity contribution < 1.29 is 9.53 Å². The van der Waals surface area contributed by atoms with Gasteiger partial charge in [-0.15, -0.1) is 0 Å². The number of allylic oxidation sites excluding steroid dienone is 4. The maximum atomic E-state index is 11.0. The standard InChI is InChI=1S/C27H50O2/c1-3-4-5-6-7-8-9-10-11-12-13-14-15-16-17-18-19-20-21-22-23-24-25-26-27(28)29-2/h18-19,22-23H,3-17,20-21,24-26H2,1-2H3/b19-18+,23-22+. The third-order valence-electron chi connectivity index (χ3n) is 5.54. The van der Waals surface area contributed by atoms with Crippen molar-refractivity contribution in [2.75, 3.05) is 7.11 Å². The highest BCUT2D eigenvalue weighted by atomic mass is 16.5. The number of unbranched alkanes of at least 4 members (excludes halogenated alkanes) is 16. The van der Waals surface area contributed by atoms with Crippen molar-refractivity contribution in [3.8, 4) is 0 Å². The zero-order valence-electron chi connectivity index (χ0n) is 19.8. The van der Waals surface area contributed by atoms with Crippen molar-refractivity contribution in [1.29, 1.82) is 0 Å². The molecule has 0 saturated carbocycles. The van der Waals surface area contributed by atoms with Gasteiger partial charge in [-0.25, -0.2) is 0 Å². The van der Waals surface area contributed by atoms with Crippen LogP contribution in [0.1, 0.15) is 135 Å². The van der Waals surface area contributed by atoms with Crippen LogP contribution in [0.4, 0.5) is 0 Å². The number of ether oxygens (including phenoxy) is 1. The SMILES string of the molecule is CCCCCCCCCCCCCCCC/C=C/CC/C=C/CCCC(=O)OC. The molecule has 0 radical (unpaired) electrons. The van der Waals surface area contributed by atoms with Crippen LogP contribution in [-0.4, -0.2) is 13.1 Å². The normalized spacial score (nSPS) is 11.7. The van der Waals surface area contributed by atoms with Crippen LogP contribution in [0.2, 0.25) is 0 Å². The Morgan fingerprint density at radius 3 is 1.38 bits per heavy atom. The van der Waals surface area contributed by atoms with E-state index < -0.39 is 0 Å². The first-order chi connectivity index (χ1) is 14.3. The van der Waals surface area contributed by atoms with Gasteiger partial charge < -0.3 is 4.74 Å². The molecule has 2 heteroatoms. The lowest BCUT2D eigenvalue weighted by molar-refractivity contribution is -0.140. The largest absolute Gasteiger partial charge is 0.469 e. The van der Waals surface area contributed by atoms with Crippen molar-refractivity contribution >= 4 is 5.97 Å². The highest BCUT2D eigenvalue weighted by Gasteiger charge is 1.96. The molecular weight excluding hydrogens is 356 g/mol. The summed E-state index contributed by atoms with van der Waals surface area (Å²) >= 11 is 0. The number of carbonyl (C=O) groups excluding carboxylic acids is 1. The minimum atomic E-state index is -0.107. The van der Waals surface area contributed by atoms with Gasteiger partial charge in [-0.2, -0.15) is 0 Å². The second-order valence-electron chi connectivity index (χ2n) is 8.37. The number of rotatable bonds is 22. The zero-order chi connectivity index (χ0) is 21.3. The van der Waals surface area contributed by atoms with E-state index in [4.69, 9.17) is 0 Å². The summed E-state index contributed by atoms with van der Waals surface area (Å²) in [5, 5.41) is 0. The average Bonchev–Trinajstić information content (AvgIpc) is 2.74. The van der Waals surface area contributed by atoms with Crippen LogP contribution in [0.25, 0.3) is 0 Å². The summed E-state index contributed by atoms with van der Waals surface area (Å²) in [6.45, 7) is 2.29. The minimum absolute atomic E-state index is 0.107. The van der Waals surface area contributed by atoms with Gasteiger partial charge in [-0.3, -0.25) is 4.79 Å². The first-order valence-corrected chi connectivity index (χ1v) is 12.7. The molecule has 0 unspecified atom stereocenters. The van der Waals surface area contributed by atoms with Gasteiger partial charge in [0.25, 0.3) is 0 Å². The first kappa shape index (κ1) is 27.9. The topological polar surface area (TPSA) is 26.3 Å². The number of hydrogen-bond acceptors (Lipinski definition) is 2. The van der Waals surface area contributed by atoms with Crippen LogP contribution < -0.4 is 0 Å². The summed E-state index contributed by atoms with van der Waals surface area (Å²) in [6.07, 6.45) is 34.9. The molecule has 0 heterocycles. The fourth-order valence-electron chi connectivity index (χ4n) is 3.59. The van der Waals surface area contributed by atoms with E-state index in [1.54, 1.807) is 0 Å². The molecule has 0 aliphatic rings. The number of hydrogen-bond donors (Lipinski definition) is 0. The summed E-state index contributed by atoms with van der Waals surface area (Å²) in [6, 6.07) is 0. The van der Waals surface area contributed by atoms with Crippen LogP contribution in [0, 0.1) is 0 Å². The van der Waals surface area contributed by atoms with E-state index in [2.05, 4.69) is 36.0 Å². The van der Waals surface area contributed by atoms with Crippen LogP contribution in [0.15, 0.2) is 24.3 Å². The lowest BCUT2D eigenvalue weighted by atomic mass is 10.0. The summed E-state index contributed by atoms with van der Waals surface area (Å²) in [4.78, 5) is 11.0. The Morgan fingerprint density at radius 1 is 0.552 bits per heavy atom. The van der Waals surface area contributed by atoms with Gasteiger partial charge in [-0.1, -0.05) is 115 Å². The lowest BCUT2D eigenvalue weighted by Gasteiger charge is -2.02. The van der Waals surface area contributed by atoms with Gasteiger partial charge in [-0.05, 0) is 38.5 Å². The van der Waals surface area contributed by atoms with Gasteiger partial charge in [0, 0.05) is 6.42 Å². The van der Waals surface area contributed by atoms with Gasteiger partial charge in [0.1, 0.15) is 0 Å². The molecule has 0 fully saturated rings. The summed E-state index contributed by atoms with van der Waals surface area (Å²) in [7, 11) is 1.45. The highest BCUT2D eigenvalue weighted by Crippen LogP contribution is 2.13. The Labute approximate surface area is 182 Å². The van der Waals surface area contributed by atoms with Crippen molar-refractivity contribution in [2.24, 2.45) is 0 Å². The molecule has 0 rings (SSSR count). The molecule has 0 N–H and O–H groups in total. The predicted octanol–water partition coefficient (Wildman–Crippen LogP) is 9.09. The Balaban J connectivity index is 3.16. The van der Waals surface area contributed by atoms with Gasteiger partial charge in [0.05, 0.1) is 7.11 Å². The van der Waals surface area contributed by atoms with Crippen molar-refractivity contribution in [3.05, 3.63) is 24.3 Å². The molecule has 0 aromatic carbocycles. The van der Waals surface area contributed by atoms with Crippen LogP contribution in [-0.2, 0) is 9.53 Å². The fraction of sp³-hybridized carbons (Fsp3) is 0.815. The molecule has 170 valence electrons. The van der Waals surface area contributed by atoms with Crippen molar-refractivity contribution in [2.45, 2.75) is 135 Å². The number of carbonyl (C=O) groups is 1. The molecular formula is C27H50O2. The van der Waals surface area contributed by atoms with E-state index in [-0.39, 0.29) is 5.97 Å². The summed E-state index contributed by atoms with van der Waals surface area (Å²) in [5.41, 5.74) is 0. The molecule has 0 atom stereocenters. The smallest absolute Gasteiger partial charge is 0.305 e. The number of methoxy groups -OCH3 is 1. The van der Waals surface area contributed by atoms with E-state index in [0.29, 0.717) is 6.42 Å². The van der Waals surface area contributed by atoms with Gasteiger partial charge in [0.15, 0.2) is 0 Å². The predicted molar refractivity (Wildman–Crippen MR) is 128 cm³/mol. The Kier molecular flexibility index (Phi) is 24.1. The molecule has 0 aromatic rings. The second kappa shape index (κ2) is 25.0. The zero-order valence-corrected chi connectivity index (χ0v) is 19.8. The summed E-state index contributed by atoms with van der Waals surface area (Å²) in [5.74, 6) is -0.107. The quantitative estimate of drug-likeness (QED) is 0.102. The van der Waals surface area contributed by atoms with E-state index >= 15 is 0 Å². The monoisotopic (exact) mass is 406 g/mol. The summed E-state index contributed by atoms with van der Waals surface area (Å²) < 4.78 is 4.63. The van der Waals surface area contributed by atoms with E-state index in [0.717, 1.165) is 25.7 Å². The molecule has 0 aromatic heterocycles. The van der Waals surface area contributed by atoms with E-state index in [9.17, 15) is 4.79 Å². The maximum Gasteiger partial charge on any atom is 0.305 e. The average molecular weight is 407 g/mol. The van der Waals surface area contributed by atoms with Crippen molar-refractivity contribution in [3.63, 3.8) is 0 Å². The maximum absolute atomic E-state index is 11.0. The second-order valence-corrected chi connectivity index (χ2v) is 8.37. The molecule has 2 nitrogen and oxygen atoms in total. The minimum Gasteiger partial charge on any atom is -0.469 e. The molecule has 0 aliphatic carbocycles. The van der Waals surface area contributed by atoms with Gasteiger partial charge in [0.2, 0.25) is 0 Å². The molecule has 0 saturated heterocycles. The third kappa shape index (κ3) is 24.9. The third-order valence-corrected chi connectivity index (χ3v) is 5.54. The van der Waals surface area contributed by atoms with Crippen LogP contribution in [0.5, 0.6) is 0 Å². The fourth-order valence-corrected chi connectivity index (χ4v) is 3.59. The molecule has 0 amide bonds. The highest BCUT2D eigenvalue weighted by molar-refractivity contribution is 5.69. The van der Waals surface area contributed by atoms with Crippen LogP contribution in [0.3, 0.4) is 0 Å². The van der Waals surface area contributed by atoms with Crippen LogP contribution >= 0.6 is 0 Å². The molecule has 0 bridgehead atoms. The van der Waals surface area contributed by atoms with E-state index in [1.165, 1.54) is 103 Å². The van der Waals surface area contributed by atoms with Gasteiger partial charge >= 0.3 is 5.97 Å². The van der Waals surface area contributed by atoms with E-state index in [1.807, 2.05) is 0 Å². The molecule has 29 heavy (non-hydrogen) atoms. The van der Waals surface area contributed by atoms with Crippen molar-refractivity contribution in [1.82, 2.24) is 0 Å². The Hall–Kier alpha value is -1.05.